The zero-order valence-corrected chi connectivity index (χ0v) is 13.5. The van der Waals surface area contributed by atoms with E-state index in [2.05, 4.69) is 4.98 Å². The second-order valence-corrected chi connectivity index (χ2v) is 5.76. The zero-order valence-electron chi connectivity index (χ0n) is 13.5. The number of halogens is 1. The maximum absolute atomic E-state index is 13.8. The van der Waals surface area contributed by atoms with Gasteiger partial charge in [0, 0.05) is 5.39 Å². The fraction of sp³-hybridized carbons (Fsp3) is 0.0526. The van der Waals surface area contributed by atoms with E-state index in [1.165, 1.54) is 37.3 Å². The number of amides is 2. The van der Waals surface area contributed by atoms with E-state index in [0.29, 0.717) is 10.4 Å². The Hall–Kier alpha value is -3.61. The predicted molar refractivity (Wildman–Crippen MR) is 88.8 cm³/mol. The Morgan fingerprint density at radius 1 is 1.04 bits per heavy atom. The van der Waals surface area contributed by atoms with Crippen molar-refractivity contribution in [3.8, 4) is 0 Å². The monoisotopic (exact) mass is 350 g/mol. The van der Waals surface area contributed by atoms with Gasteiger partial charge in [0.2, 0.25) is 0 Å². The van der Waals surface area contributed by atoms with Gasteiger partial charge in [0.1, 0.15) is 11.3 Å². The molecule has 1 aliphatic heterocycles. The van der Waals surface area contributed by atoms with Gasteiger partial charge in [0.25, 0.3) is 11.8 Å². The highest BCUT2D eigenvalue weighted by atomic mass is 19.1. The second-order valence-electron chi connectivity index (χ2n) is 5.76. The molecule has 0 fully saturated rings. The van der Waals surface area contributed by atoms with Gasteiger partial charge in [-0.05, 0) is 31.2 Å². The molecule has 0 saturated heterocycles. The molecule has 0 saturated carbocycles. The van der Waals surface area contributed by atoms with Crippen LogP contribution in [-0.2, 0) is 4.84 Å². The Labute approximate surface area is 146 Å². The number of hydrogen-bond acceptors (Lipinski definition) is 5. The van der Waals surface area contributed by atoms with Crippen LogP contribution in [0, 0.1) is 12.7 Å². The molecule has 128 valence electrons. The maximum Gasteiger partial charge on any atom is 0.365 e. The molecule has 3 aromatic rings. The van der Waals surface area contributed by atoms with Crippen LogP contribution in [0.25, 0.3) is 10.9 Å². The van der Waals surface area contributed by atoms with Crippen LogP contribution in [0.3, 0.4) is 0 Å². The van der Waals surface area contributed by atoms with E-state index in [0.717, 1.165) is 0 Å². The predicted octanol–water partition coefficient (Wildman–Crippen LogP) is 3.05. The number of fused-ring (bicyclic) bond motifs is 2. The van der Waals surface area contributed by atoms with Crippen LogP contribution in [0.5, 0.6) is 0 Å². The van der Waals surface area contributed by atoms with Crippen molar-refractivity contribution in [3.05, 3.63) is 76.7 Å². The van der Waals surface area contributed by atoms with Crippen LogP contribution in [0.1, 0.15) is 36.8 Å². The lowest BCUT2D eigenvalue weighted by Gasteiger charge is -2.14. The average molecular weight is 350 g/mol. The number of aromatic nitrogens is 1. The topological polar surface area (TPSA) is 76.6 Å². The summed E-state index contributed by atoms with van der Waals surface area (Å²) in [6, 6.07) is 12.0. The summed E-state index contributed by atoms with van der Waals surface area (Å²) in [5.41, 5.74) is 0.729. The highest BCUT2D eigenvalue weighted by Gasteiger charge is 2.39. The van der Waals surface area contributed by atoms with Gasteiger partial charge in [-0.2, -0.15) is 0 Å². The van der Waals surface area contributed by atoms with Crippen molar-refractivity contribution in [2.75, 3.05) is 0 Å². The molecule has 0 bridgehead atoms. The van der Waals surface area contributed by atoms with Gasteiger partial charge in [0.15, 0.2) is 0 Å². The van der Waals surface area contributed by atoms with E-state index in [1.54, 1.807) is 18.2 Å². The first-order chi connectivity index (χ1) is 12.5. The molecule has 1 aliphatic rings. The molecule has 0 radical (unpaired) electrons. The summed E-state index contributed by atoms with van der Waals surface area (Å²) in [4.78, 5) is 46.2. The molecule has 2 amide bonds. The van der Waals surface area contributed by atoms with Crippen molar-refractivity contribution in [3.63, 3.8) is 0 Å². The number of para-hydroxylation sites is 1. The Bertz CT molecular complexity index is 1070. The van der Waals surface area contributed by atoms with Crippen molar-refractivity contribution >= 4 is 28.7 Å². The molecule has 0 aliphatic carbocycles. The minimum absolute atomic E-state index is 0.0413. The van der Waals surface area contributed by atoms with Gasteiger partial charge in [-0.25, -0.2) is 14.2 Å². The quantitative estimate of drug-likeness (QED) is 0.664. The summed E-state index contributed by atoms with van der Waals surface area (Å²) in [5.74, 6) is -2.85. The zero-order chi connectivity index (χ0) is 18.4. The van der Waals surface area contributed by atoms with Gasteiger partial charge >= 0.3 is 5.97 Å². The van der Waals surface area contributed by atoms with E-state index in [1.807, 2.05) is 0 Å². The van der Waals surface area contributed by atoms with Crippen molar-refractivity contribution in [2.24, 2.45) is 0 Å². The molecule has 0 unspecified atom stereocenters. The van der Waals surface area contributed by atoms with Crippen LogP contribution in [0.4, 0.5) is 4.39 Å². The highest BCUT2D eigenvalue weighted by molar-refractivity contribution is 6.21. The van der Waals surface area contributed by atoms with Gasteiger partial charge < -0.3 is 4.84 Å². The number of benzene rings is 2. The van der Waals surface area contributed by atoms with E-state index in [-0.39, 0.29) is 27.9 Å². The first kappa shape index (κ1) is 15.9. The molecule has 2 aromatic carbocycles. The van der Waals surface area contributed by atoms with Crippen LogP contribution in [0.15, 0.2) is 48.5 Å². The van der Waals surface area contributed by atoms with Crippen molar-refractivity contribution < 1.29 is 23.6 Å². The highest BCUT2D eigenvalue weighted by Crippen LogP contribution is 2.25. The number of nitrogens with zero attached hydrogens (tertiary/aromatic N) is 2. The molecular weight excluding hydrogens is 339 g/mol. The average Bonchev–Trinajstić information content (AvgIpc) is 2.87. The third-order valence-electron chi connectivity index (χ3n) is 4.14. The Morgan fingerprint density at radius 3 is 2.35 bits per heavy atom. The lowest BCUT2D eigenvalue weighted by molar-refractivity contribution is -0.0585. The van der Waals surface area contributed by atoms with Gasteiger partial charge in [-0.1, -0.05) is 29.3 Å². The molecule has 6 nitrogen and oxygen atoms in total. The van der Waals surface area contributed by atoms with Crippen molar-refractivity contribution in [1.82, 2.24) is 10.0 Å². The number of rotatable bonds is 2. The van der Waals surface area contributed by atoms with Crippen molar-refractivity contribution in [1.29, 1.82) is 0 Å². The van der Waals surface area contributed by atoms with Crippen LogP contribution >= 0.6 is 0 Å². The van der Waals surface area contributed by atoms with E-state index in [4.69, 9.17) is 4.84 Å². The number of pyridine rings is 1. The Kier molecular flexibility index (Phi) is 3.50. The normalized spacial score (nSPS) is 13.2. The smallest absolute Gasteiger partial charge is 0.324 e. The molecule has 4 rings (SSSR count). The SMILES string of the molecule is Cc1nc2c(F)cccc2cc1C(=O)ON1C(=O)c2ccccc2C1=O. The molecule has 0 N–H and O–H groups in total. The Balaban J connectivity index is 1.68. The number of imide groups is 1. The summed E-state index contributed by atoms with van der Waals surface area (Å²) >= 11 is 0. The molecule has 1 aromatic heterocycles. The molecular formula is C19H11FN2O4. The molecule has 2 heterocycles. The number of carbonyl (C=O) groups excluding carboxylic acids is 3. The summed E-state index contributed by atoms with van der Waals surface area (Å²) in [5, 5.41) is 0.840. The van der Waals surface area contributed by atoms with Gasteiger partial charge in [-0.3, -0.25) is 9.59 Å². The molecule has 26 heavy (non-hydrogen) atoms. The van der Waals surface area contributed by atoms with Crippen molar-refractivity contribution in [2.45, 2.75) is 6.92 Å². The molecule has 0 atom stereocenters. The summed E-state index contributed by atoms with van der Waals surface area (Å²) in [7, 11) is 0. The second kappa shape index (κ2) is 5.73. The minimum atomic E-state index is -0.921. The summed E-state index contributed by atoms with van der Waals surface area (Å²) < 4.78 is 13.8. The number of hydroxylamine groups is 2. The van der Waals surface area contributed by atoms with E-state index < -0.39 is 23.6 Å². The third kappa shape index (κ3) is 2.33. The molecule has 7 heteroatoms. The number of hydrogen-bond donors (Lipinski definition) is 0. The first-order valence-electron chi connectivity index (χ1n) is 7.73. The molecule has 0 spiro atoms. The number of carbonyl (C=O) groups is 3. The Morgan fingerprint density at radius 2 is 1.69 bits per heavy atom. The fourth-order valence-corrected chi connectivity index (χ4v) is 2.84. The van der Waals surface area contributed by atoms with Crippen LogP contribution in [-0.4, -0.2) is 27.8 Å². The maximum atomic E-state index is 13.8. The lowest BCUT2D eigenvalue weighted by atomic mass is 10.1. The summed E-state index contributed by atoms with van der Waals surface area (Å²) in [6.45, 7) is 1.52. The summed E-state index contributed by atoms with van der Waals surface area (Å²) in [6.07, 6.45) is 0. The lowest BCUT2D eigenvalue weighted by Crippen LogP contribution is -2.33. The number of aryl methyl sites for hydroxylation is 1. The van der Waals surface area contributed by atoms with Gasteiger partial charge in [0.05, 0.1) is 22.4 Å². The largest absolute Gasteiger partial charge is 0.365 e. The van der Waals surface area contributed by atoms with E-state index in [9.17, 15) is 18.8 Å². The van der Waals surface area contributed by atoms with Gasteiger partial charge in [-0.15, -0.1) is 0 Å². The van der Waals surface area contributed by atoms with Crippen LogP contribution < -0.4 is 0 Å². The fourth-order valence-electron chi connectivity index (χ4n) is 2.84. The standard InChI is InChI=1S/C19H11FN2O4/c1-10-14(9-11-5-4-8-15(20)16(11)21-10)19(25)26-22-17(23)12-6-2-3-7-13(12)18(22)24/h2-9H,1H3. The first-order valence-corrected chi connectivity index (χ1v) is 7.73. The van der Waals surface area contributed by atoms with E-state index >= 15 is 0 Å². The third-order valence-corrected chi connectivity index (χ3v) is 4.14. The minimum Gasteiger partial charge on any atom is -0.324 e. The van der Waals surface area contributed by atoms with Crippen LogP contribution in [0.2, 0.25) is 0 Å².